The van der Waals surface area contributed by atoms with Crippen LogP contribution in [0.5, 0.6) is 0 Å². The van der Waals surface area contributed by atoms with Crippen molar-refractivity contribution in [2.24, 2.45) is 0 Å². The SMILES string of the molecule is CC(=O)Nc1cccc(C(=O)Nc2cc(-c3ccncc3)c[nH]c2=O)c1. The Labute approximate surface area is 149 Å². The van der Waals surface area contributed by atoms with Gasteiger partial charge < -0.3 is 15.6 Å². The fourth-order valence-corrected chi connectivity index (χ4v) is 2.42. The van der Waals surface area contributed by atoms with Gasteiger partial charge in [-0.3, -0.25) is 19.4 Å². The Kier molecular flexibility index (Phi) is 4.89. The minimum absolute atomic E-state index is 0.134. The van der Waals surface area contributed by atoms with Crippen LogP contribution in [0.25, 0.3) is 11.1 Å². The third kappa shape index (κ3) is 4.02. The number of hydrogen-bond donors (Lipinski definition) is 3. The predicted molar refractivity (Wildman–Crippen MR) is 99.0 cm³/mol. The van der Waals surface area contributed by atoms with Gasteiger partial charge in [-0.25, -0.2) is 0 Å². The highest BCUT2D eigenvalue weighted by atomic mass is 16.2. The van der Waals surface area contributed by atoms with Crippen molar-refractivity contribution in [2.75, 3.05) is 10.6 Å². The summed E-state index contributed by atoms with van der Waals surface area (Å²) in [5.74, 6) is -0.682. The molecule has 3 aromatic rings. The number of pyridine rings is 2. The first-order chi connectivity index (χ1) is 12.5. The van der Waals surface area contributed by atoms with Crippen LogP contribution in [-0.4, -0.2) is 21.8 Å². The van der Waals surface area contributed by atoms with Gasteiger partial charge in [0.05, 0.1) is 0 Å². The summed E-state index contributed by atoms with van der Waals surface area (Å²) in [5, 5.41) is 5.22. The van der Waals surface area contributed by atoms with E-state index in [1.54, 1.807) is 55.0 Å². The molecule has 0 saturated heterocycles. The van der Waals surface area contributed by atoms with E-state index < -0.39 is 11.5 Å². The molecule has 0 bridgehead atoms. The molecule has 3 N–H and O–H groups in total. The van der Waals surface area contributed by atoms with Gasteiger partial charge >= 0.3 is 0 Å². The van der Waals surface area contributed by atoms with Crippen LogP contribution in [0.2, 0.25) is 0 Å². The van der Waals surface area contributed by atoms with Crippen molar-refractivity contribution in [2.45, 2.75) is 6.92 Å². The monoisotopic (exact) mass is 348 g/mol. The molecule has 2 aromatic heterocycles. The van der Waals surface area contributed by atoms with Crippen molar-refractivity contribution in [3.05, 3.63) is 77.0 Å². The number of hydrogen-bond acceptors (Lipinski definition) is 4. The lowest BCUT2D eigenvalue weighted by atomic mass is 10.1. The van der Waals surface area contributed by atoms with Crippen molar-refractivity contribution < 1.29 is 9.59 Å². The Morgan fingerprint density at radius 1 is 1.00 bits per heavy atom. The lowest BCUT2D eigenvalue weighted by molar-refractivity contribution is -0.114. The number of H-pyrrole nitrogens is 1. The molecule has 0 atom stereocenters. The predicted octanol–water partition coefficient (Wildman–Crippen LogP) is 2.65. The van der Waals surface area contributed by atoms with Gasteiger partial charge in [0.25, 0.3) is 11.5 Å². The van der Waals surface area contributed by atoms with E-state index in [1.807, 2.05) is 0 Å². The van der Waals surface area contributed by atoms with Gasteiger partial charge in [-0.05, 0) is 42.0 Å². The average Bonchev–Trinajstić information content (AvgIpc) is 2.64. The van der Waals surface area contributed by atoms with Gasteiger partial charge in [0.2, 0.25) is 5.91 Å². The molecular weight excluding hydrogens is 332 g/mol. The maximum absolute atomic E-state index is 12.5. The maximum atomic E-state index is 12.5. The van der Waals surface area contributed by atoms with Gasteiger partial charge in [0.15, 0.2) is 0 Å². The third-order valence-corrected chi connectivity index (χ3v) is 3.61. The Hall–Kier alpha value is -3.74. The zero-order valence-electron chi connectivity index (χ0n) is 13.9. The molecule has 3 rings (SSSR count). The number of carbonyl (C=O) groups is 2. The fraction of sp³-hybridized carbons (Fsp3) is 0.0526. The van der Waals surface area contributed by atoms with Gasteiger partial charge in [-0.1, -0.05) is 6.07 Å². The smallest absolute Gasteiger partial charge is 0.271 e. The zero-order valence-corrected chi connectivity index (χ0v) is 13.9. The summed E-state index contributed by atoms with van der Waals surface area (Å²) in [7, 11) is 0. The minimum Gasteiger partial charge on any atom is -0.327 e. The molecule has 2 amide bonds. The highest BCUT2D eigenvalue weighted by Crippen LogP contribution is 2.19. The van der Waals surface area contributed by atoms with Gasteiger partial charge in [0, 0.05) is 42.3 Å². The molecule has 0 aliphatic carbocycles. The van der Waals surface area contributed by atoms with Crippen molar-refractivity contribution in [3.8, 4) is 11.1 Å². The number of amides is 2. The normalized spacial score (nSPS) is 10.2. The van der Waals surface area contributed by atoms with Crippen LogP contribution in [0.3, 0.4) is 0 Å². The molecule has 0 unspecified atom stereocenters. The molecule has 0 fully saturated rings. The van der Waals surface area contributed by atoms with Gasteiger partial charge in [-0.2, -0.15) is 0 Å². The Bertz CT molecular complexity index is 1010. The number of rotatable bonds is 4. The second-order valence-electron chi connectivity index (χ2n) is 5.58. The van der Waals surface area contributed by atoms with Gasteiger partial charge in [0.1, 0.15) is 5.69 Å². The van der Waals surface area contributed by atoms with Crippen LogP contribution in [-0.2, 0) is 4.79 Å². The highest BCUT2D eigenvalue weighted by molar-refractivity contribution is 6.05. The number of carbonyl (C=O) groups excluding carboxylic acids is 2. The standard InChI is InChI=1S/C19H16N4O3/c1-12(24)22-16-4-2-3-14(9-16)18(25)23-17-10-15(11-21-19(17)26)13-5-7-20-8-6-13/h2-11H,1H3,(H,21,26)(H,22,24)(H,23,25). The molecule has 0 saturated carbocycles. The number of nitrogens with one attached hydrogen (secondary N) is 3. The van der Waals surface area contributed by atoms with Crippen molar-refractivity contribution in [1.82, 2.24) is 9.97 Å². The number of aromatic nitrogens is 2. The average molecular weight is 348 g/mol. The molecule has 7 heteroatoms. The van der Waals surface area contributed by atoms with Crippen LogP contribution in [0, 0.1) is 0 Å². The first-order valence-electron chi connectivity index (χ1n) is 7.85. The fourth-order valence-electron chi connectivity index (χ4n) is 2.42. The van der Waals surface area contributed by atoms with E-state index in [1.165, 1.54) is 13.0 Å². The van der Waals surface area contributed by atoms with E-state index >= 15 is 0 Å². The Balaban J connectivity index is 1.86. The lowest BCUT2D eigenvalue weighted by Gasteiger charge is -2.08. The number of anilines is 2. The Morgan fingerprint density at radius 3 is 2.50 bits per heavy atom. The topological polar surface area (TPSA) is 104 Å². The van der Waals surface area contributed by atoms with Crippen molar-refractivity contribution in [3.63, 3.8) is 0 Å². The second kappa shape index (κ2) is 7.43. The summed E-state index contributed by atoms with van der Waals surface area (Å²) in [6.45, 7) is 1.39. The lowest BCUT2D eigenvalue weighted by Crippen LogP contribution is -2.20. The summed E-state index contributed by atoms with van der Waals surface area (Å²) in [6, 6.07) is 11.7. The molecule has 130 valence electrons. The molecular formula is C19H16N4O3. The van der Waals surface area contributed by atoms with E-state index in [0.717, 1.165) is 11.1 Å². The first kappa shape index (κ1) is 17.1. The number of aromatic amines is 1. The van der Waals surface area contributed by atoms with Crippen molar-refractivity contribution >= 4 is 23.2 Å². The van der Waals surface area contributed by atoms with Gasteiger partial charge in [-0.15, -0.1) is 0 Å². The molecule has 0 aliphatic heterocycles. The molecule has 1 aromatic carbocycles. The maximum Gasteiger partial charge on any atom is 0.271 e. The van der Waals surface area contributed by atoms with Crippen molar-refractivity contribution in [1.29, 1.82) is 0 Å². The largest absolute Gasteiger partial charge is 0.327 e. The van der Waals surface area contributed by atoms with Crippen LogP contribution >= 0.6 is 0 Å². The summed E-state index contributed by atoms with van der Waals surface area (Å²) < 4.78 is 0. The minimum atomic E-state index is -0.449. The summed E-state index contributed by atoms with van der Waals surface area (Å²) >= 11 is 0. The van der Waals surface area contributed by atoms with E-state index in [9.17, 15) is 14.4 Å². The second-order valence-corrected chi connectivity index (χ2v) is 5.58. The molecule has 0 aliphatic rings. The Morgan fingerprint density at radius 2 is 1.77 bits per heavy atom. The van der Waals surface area contributed by atoms with E-state index in [-0.39, 0.29) is 11.6 Å². The quantitative estimate of drug-likeness (QED) is 0.674. The summed E-state index contributed by atoms with van der Waals surface area (Å²) in [6.07, 6.45) is 4.86. The number of benzene rings is 1. The first-order valence-corrected chi connectivity index (χ1v) is 7.85. The molecule has 0 radical (unpaired) electrons. The molecule has 26 heavy (non-hydrogen) atoms. The van der Waals surface area contributed by atoms with Crippen LogP contribution in [0.1, 0.15) is 17.3 Å². The summed E-state index contributed by atoms with van der Waals surface area (Å²) in [4.78, 5) is 42.2. The van der Waals surface area contributed by atoms with E-state index in [2.05, 4.69) is 20.6 Å². The number of nitrogens with zero attached hydrogens (tertiary/aromatic N) is 1. The van der Waals surface area contributed by atoms with E-state index in [0.29, 0.717) is 11.3 Å². The van der Waals surface area contributed by atoms with Crippen LogP contribution in [0.4, 0.5) is 11.4 Å². The molecule has 7 nitrogen and oxygen atoms in total. The molecule has 2 heterocycles. The van der Waals surface area contributed by atoms with Crippen LogP contribution in [0.15, 0.2) is 65.8 Å². The zero-order chi connectivity index (χ0) is 18.5. The van der Waals surface area contributed by atoms with E-state index in [4.69, 9.17) is 0 Å². The third-order valence-electron chi connectivity index (χ3n) is 3.61. The molecule has 0 spiro atoms. The highest BCUT2D eigenvalue weighted by Gasteiger charge is 2.11. The van der Waals surface area contributed by atoms with Crippen LogP contribution < -0.4 is 16.2 Å². The summed E-state index contributed by atoms with van der Waals surface area (Å²) in [5.41, 5.74) is 2.16.